The number of aliphatic imine (C=N–C) groups is 1. The summed E-state index contributed by atoms with van der Waals surface area (Å²) in [5.41, 5.74) is 4.83. The topological polar surface area (TPSA) is 70.0 Å². The van der Waals surface area contributed by atoms with Gasteiger partial charge in [0.25, 0.3) is 0 Å². The van der Waals surface area contributed by atoms with E-state index in [0.29, 0.717) is 17.1 Å². The summed E-state index contributed by atoms with van der Waals surface area (Å²) in [7, 11) is 3.12. The Bertz CT molecular complexity index is 1540. The van der Waals surface area contributed by atoms with Gasteiger partial charge in [0.1, 0.15) is 5.03 Å². The number of hydrogen-bond donors (Lipinski definition) is 0. The van der Waals surface area contributed by atoms with E-state index < -0.39 is 5.97 Å². The van der Waals surface area contributed by atoms with E-state index >= 15 is 0 Å². The summed E-state index contributed by atoms with van der Waals surface area (Å²) in [6.45, 7) is 4.10. The molecular formula is C29H24N2O4S. The van der Waals surface area contributed by atoms with Crippen LogP contribution in [0.5, 0.6) is 11.5 Å². The van der Waals surface area contributed by atoms with E-state index in [9.17, 15) is 4.79 Å². The van der Waals surface area contributed by atoms with Crippen LogP contribution >= 0.6 is 11.8 Å². The molecule has 2 heterocycles. The SMILES string of the molecule is COc1ccc(C2=NC(=Cc3cc4cc(C)ccc4nc3Sc3ccc(C)cc3)C(=O)O2)cc1OC. The second kappa shape index (κ2) is 9.87. The van der Waals surface area contributed by atoms with Gasteiger partial charge in [-0.15, -0.1) is 0 Å². The molecule has 1 aliphatic rings. The Morgan fingerprint density at radius 2 is 1.61 bits per heavy atom. The van der Waals surface area contributed by atoms with E-state index in [1.54, 1.807) is 50.3 Å². The van der Waals surface area contributed by atoms with Crippen LogP contribution in [0, 0.1) is 13.8 Å². The zero-order valence-corrected chi connectivity index (χ0v) is 21.2. The van der Waals surface area contributed by atoms with Crippen LogP contribution in [0.3, 0.4) is 0 Å². The molecule has 4 aromatic rings. The third kappa shape index (κ3) is 4.83. The van der Waals surface area contributed by atoms with Gasteiger partial charge in [0.2, 0.25) is 5.90 Å². The molecule has 0 amide bonds. The van der Waals surface area contributed by atoms with Crippen molar-refractivity contribution in [2.24, 2.45) is 4.99 Å². The first kappa shape index (κ1) is 23.6. The van der Waals surface area contributed by atoms with Crippen LogP contribution < -0.4 is 9.47 Å². The van der Waals surface area contributed by atoms with Gasteiger partial charge in [-0.3, -0.25) is 0 Å². The van der Waals surface area contributed by atoms with E-state index in [2.05, 4.69) is 42.2 Å². The lowest BCUT2D eigenvalue weighted by atomic mass is 10.1. The van der Waals surface area contributed by atoms with Crippen LogP contribution in [0.25, 0.3) is 17.0 Å². The number of nitrogens with zero attached hydrogens (tertiary/aromatic N) is 2. The number of hydrogen-bond acceptors (Lipinski definition) is 7. The first-order chi connectivity index (χ1) is 17.4. The molecule has 0 N–H and O–H groups in total. The average molecular weight is 497 g/mol. The maximum atomic E-state index is 12.8. The quantitative estimate of drug-likeness (QED) is 0.228. The van der Waals surface area contributed by atoms with Gasteiger partial charge >= 0.3 is 5.97 Å². The highest BCUT2D eigenvalue weighted by Crippen LogP contribution is 2.34. The number of aromatic nitrogens is 1. The standard InChI is InChI=1S/C29H24N2O4S/c1-17-5-9-22(10-6-17)36-28-21(14-20-13-18(2)7-11-23(20)31-28)15-24-29(32)35-27(30-24)19-8-12-25(33-3)26(16-19)34-4/h5-16H,1-4H3. The number of methoxy groups -OCH3 is 2. The Kier molecular flexibility index (Phi) is 6.48. The molecule has 36 heavy (non-hydrogen) atoms. The first-order valence-corrected chi connectivity index (χ1v) is 12.2. The minimum absolute atomic E-state index is 0.208. The number of carbonyl (C=O) groups excluding carboxylic acids is 1. The molecular weight excluding hydrogens is 472 g/mol. The summed E-state index contributed by atoms with van der Waals surface area (Å²) in [5, 5.41) is 1.77. The molecule has 7 heteroatoms. The third-order valence-corrected chi connectivity index (χ3v) is 6.77. The number of cyclic esters (lactones) is 1. The van der Waals surface area contributed by atoms with E-state index in [0.717, 1.165) is 32.0 Å². The van der Waals surface area contributed by atoms with Gasteiger partial charge in [-0.2, -0.15) is 0 Å². The van der Waals surface area contributed by atoms with Gasteiger partial charge in [0.05, 0.1) is 19.7 Å². The van der Waals surface area contributed by atoms with Crippen LogP contribution in [0.2, 0.25) is 0 Å². The molecule has 0 bridgehead atoms. The van der Waals surface area contributed by atoms with Crippen molar-refractivity contribution < 1.29 is 19.0 Å². The lowest BCUT2D eigenvalue weighted by Crippen LogP contribution is -2.06. The number of pyridine rings is 1. The predicted molar refractivity (Wildman–Crippen MR) is 142 cm³/mol. The van der Waals surface area contributed by atoms with E-state index in [1.807, 2.05) is 25.1 Å². The van der Waals surface area contributed by atoms with Crippen LogP contribution in [-0.4, -0.2) is 31.1 Å². The van der Waals surface area contributed by atoms with Crippen molar-refractivity contribution in [3.63, 3.8) is 0 Å². The molecule has 0 unspecified atom stereocenters. The summed E-state index contributed by atoms with van der Waals surface area (Å²) in [5.74, 6) is 0.800. The minimum Gasteiger partial charge on any atom is -0.493 e. The van der Waals surface area contributed by atoms with Crippen molar-refractivity contribution in [1.82, 2.24) is 4.98 Å². The van der Waals surface area contributed by atoms with Crippen LogP contribution in [0.1, 0.15) is 22.3 Å². The van der Waals surface area contributed by atoms with Gasteiger partial charge in [-0.05, 0) is 68.5 Å². The molecule has 0 spiro atoms. The third-order valence-electron chi connectivity index (χ3n) is 5.74. The van der Waals surface area contributed by atoms with Crippen molar-refractivity contribution in [2.45, 2.75) is 23.8 Å². The van der Waals surface area contributed by atoms with E-state index in [4.69, 9.17) is 19.2 Å². The van der Waals surface area contributed by atoms with Crippen molar-refractivity contribution >= 4 is 40.6 Å². The highest BCUT2D eigenvalue weighted by Gasteiger charge is 2.25. The van der Waals surface area contributed by atoms with E-state index in [-0.39, 0.29) is 11.6 Å². The van der Waals surface area contributed by atoms with Crippen LogP contribution in [-0.2, 0) is 9.53 Å². The number of fused-ring (bicyclic) bond motifs is 1. The van der Waals surface area contributed by atoms with Crippen molar-refractivity contribution in [1.29, 1.82) is 0 Å². The van der Waals surface area contributed by atoms with E-state index in [1.165, 1.54) is 5.56 Å². The second-order valence-corrected chi connectivity index (χ2v) is 9.46. The molecule has 180 valence electrons. The highest BCUT2D eigenvalue weighted by atomic mass is 32.2. The molecule has 0 saturated heterocycles. The second-order valence-electron chi connectivity index (χ2n) is 8.40. The van der Waals surface area contributed by atoms with Gasteiger partial charge in [0, 0.05) is 21.4 Å². The molecule has 0 atom stereocenters. The predicted octanol–water partition coefficient (Wildman–Crippen LogP) is 6.36. The fourth-order valence-electron chi connectivity index (χ4n) is 3.85. The van der Waals surface area contributed by atoms with Crippen molar-refractivity contribution in [3.8, 4) is 11.5 Å². The molecule has 1 aliphatic heterocycles. The Balaban J connectivity index is 1.57. The molecule has 3 aromatic carbocycles. The Morgan fingerprint density at radius 1 is 0.861 bits per heavy atom. The molecule has 0 radical (unpaired) electrons. The Hall–Kier alpha value is -4.10. The summed E-state index contributed by atoms with van der Waals surface area (Å²) < 4.78 is 16.2. The van der Waals surface area contributed by atoms with Gasteiger partial charge in [0.15, 0.2) is 17.2 Å². The highest BCUT2D eigenvalue weighted by molar-refractivity contribution is 7.99. The molecule has 0 fully saturated rings. The molecule has 0 aliphatic carbocycles. The van der Waals surface area contributed by atoms with Crippen molar-refractivity contribution in [2.75, 3.05) is 14.2 Å². The fraction of sp³-hybridized carbons (Fsp3) is 0.138. The summed E-state index contributed by atoms with van der Waals surface area (Å²) >= 11 is 1.55. The maximum Gasteiger partial charge on any atom is 0.363 e. The van der Waals surface area contributed by atoms with Gasteiger partial charge < -0.3 is 14.2 Å². The Labute approximate surface area is 213 Å². The average Bonchev–Trinajstić information content (AvgIpc) is 3.25. The summed E-state index contributed by atoms with van der Waals surface area (Å²) in [6.07, 6.45) is 1.74. The lowest BCUT2D eigenvalue weighted by molar-refractivity contribution is -0.129. The molecule has 5 rings (SSSR count). The molecule has 6 nitrogen and oxygen atoms in total. The summed E-state index contributed by atoms with van der Waals surface area (Å²) in [4.78, 5) is 23.2. The smallest absolute Gasteiger partial charge is 0.363 e. The van der Waals surface area contributed by atoms with Crippen LogP contribution in [0.4, 0.5) is 0 Å². The maximum absolute atomic E-state index is 12.8. The van der Waals surface area contributed by atoms with Crippen molar-refractivity contribution in [3.05, 3.63) is 94.7 Å². The van der Waals surface area contributed by atoms with Crippen LogP contribution in [0.15, 0.2) is 87.3 Å². The Morgan fingerprint density at radius 3 is 2.36 bits per heavy atom. The number of aryl methyl sites for hydroxylation is 2. The van der Waals surface area contributed by atoms with Gasteiger partial charge in [-0.1, -0.05) is 41.1 Å². The number of carbonyl (C=O) groups is 1. The fourth-order valence-corrected chi connectivity index (χ4v) is 4.72. The van der Waals surface area contributed by atoms with Gasteiger partial charge in [-0.25, -0.2) is 14.8 Å². The largest absolute Gasteiger partial charge is 0.493 e. The number of esters is 1. The number of ether oxygens (including phenoxy) is 3. The molecule has 1 aromatic heterocycles. The normalized spacial score (nSPS) is 14.2. The number of rotatable bonds is 6. The number of benzene rings is 3. The summed E-state index contributed by atoms with van der Waals surface area (Å²) in [6, 6.07) is 21.7. The zero-order chi connectivity index (χ0) is 25.2. The lowest BCUT2D eigenvalue weighted by Gasteiger charge is -2.09. The minimum atomic E-state index is -0.518. The molecule has 0 saturated carbocycles. The first-order valence-electron chi connectivity index (χ1n) is 11.3. The zero-order valence-electron chi connectivity index (χ0n) is 20.4. The monoisotopic (exact) mass is 496 g/mol.